The summed E-state index contributed by atoms with van der Waals surface area (Å²) in [7, 11) is 0. The Kier molecular flexibility index (Phi) is 3.78. The molecule has 0 bridgehead atoms. The number of hydrogen-bond donors (Lipinski definition) is 2. The Morgan fingerprint density at radius 3 is 2.90 bits per heavy atom. The van der Waals surface area contributed by atoms with Gasteiger partial charge in [0, 0.05) is 37.8 Å². The molecule has 1 amide bonds. The second-order valence-electron chi connectivity index (χ2n) is 4.87. The third kappa shape index (κ3) is 2.72. The zero-order chi connectivity index (χ0) is 13.8. The summed E-state index contributed by atoms with van der Waals surface area (Å²) in [5.41, 5.74) is 0. The van der Waals surface area contributed by atoms with E-state index in [1.807, 2.05) is 35.2 Å². The van der Waals surface area contributed by atoms with Gasteiger partial charge < -0.3 is 15.5 Å². The van der Waals surface area contributed by atoms with Crippen molar-refractivity contribution in [1.29, 1.82) is 0 Å². The average molecular weight is 270 g/mol. The molecule has 0 saturated carbocycles. The molecule has 20 heavy (non-hydrogen) atoms. The molecule has 0 unspecified atom stereocenters. The summed E-state index contributed by atoms with van der Waals surface area (Å²) in [4.78, 5) is 18.3. The Hall–Kier alpha value is -2.14. The maximum Gasteiger partial charge on any atom is 0.242 e. The monoisotopic (exact) mass is 270 g/mol. The number of carbonyl (C=O) groups excluding carboxylic acids is 1. The Morgan fingerprint density at radius 1 is 1.25 bits per heavy atom. The van der Waals surface area contributed by atoms with Crippen LogP contribution in [0.5, 0.6) is 0 Å². The van der Waals surface area contributed by atoms with E-state index in [-0.39, 0.29) is 5.91 Å². The lowest BCUT2D eigenvalue weighted by Crippen LogP contribution is -2.48. The van der Waals surface area contributed by atoms with Gasteiger partial charge in [-0.25, -0.2) is 4.98 Å². The van der Waals surface area contributed by atoms with Crippen molar-refractivity contribution in [3.8, 4) is 0 Å². The Labute approximate surface area is 118 Å². The minimum Gasteiger partial charge on any atom is -0.360 e. The number of fused-ring (bicyclic) bond motifs is 1. The number of amides is 1. The number of benzene rings is 1. The minimum atomic E-state index is 0.126. The summed E-state index contributed by atoms with van der Waals surface area (Å²) in [5, 5.41) is 8.57. The highest BCUT2D eigenvalue weighted by atomic mass is 16.2. The third-order valence-corrected chi connectivity index (χ3v) is 3.55. The van der Waals surface area contributed by atoms with Crippen LogP contribution in [0.2, 0.25) is 0 Å². The number of pyridine rings is 1. The maximum absolute atomic E-state index is 12.1. The number of piperazine rings is 1. The second-order valence-corrected chi connectivity index (χ2v) is 4.87. The molecule has 1 aromatic heterocycles. The molecular formula is C15H18N4O. The van der Waals surface area contributed by atoms with Crippen LogP contribution < -0.4 is 10.6 Å². The number of carbonyl (C=O) groups is 1. The smallest absolute Gasteiger partial charge is 0.242 e. The highest BCUT2D eigenvalue weighted by Crippen LogP contribution is 2.20. The zero-order valence-electron chi connectivity index (χ0n) is 11.3. The summed E-state index contributed by atoms with van der Waals surface area (Å²) in [6.07, 6.45) is 1.76. The summed E-state index contributed by atoms with van der Waals surface area (Å²) in [6, 6.07) is 10.0. The molecule has 5 heteroatoms. The van der Waals surface area contributed by atoms with E-state index >= 15 is 0 Å². The lowest BCUT2D eigenvalue weighted by molar-refractivity contribution is -0.129. The van der Waals surface area contributed by atoms with E-state index in [9.17, 15) is 4.79 Å². The van der Waals surface area contributed by atoms with E-state index in [0.29, 0.717) is 6.54 Å². The first kappa shape index (κ1) is 12.9. The Bertz CT molecular complexity index is 602. The largest absolute Gasteiger partial charge is 0.360 e. The summed E-state index contributed by atoms with van der Waals surface area (Å²) in [6.45, 7) is 3.60. The number of rotatable bonds is 3. The van der Waals surface area contributed by atoms with E-state index < -0.39 is 0 Å². The summed E-state index contributed by atoms with van der Waals surface area (Å²) >= 11 is 0. The highest BCUT2D eigenvalue weighted by Gasteiger charge is 2.15. The maximum atomic E-state index is 12.1. The van der Waals surface area contributed by atoms with Gasteiger partial charge in [0.2, 0.25) is 5.91 Å². The Morgan fingerprint density at radius 2 is 2.05 bits per heavy atom. The van der Waals surface area contributed by atoms with Crippen LogP contribution >= 0.6 is 0 Å². The fraction of sp³-hybridized carbons (Fsp3) is 0.333. The van der Waals surface area contributed by atoms with Gasteiger partial charge in [0.25, 0.3) is 0 Å². The van der Waals surface area contributed by atoms with E-state index in [1.165, 1.54) is 0 Å². The SMILES string of the molecule is O=C(CNc1nccc2ccccc12)N1CCNCC1. The van der Waals surface area contributed by atoms with Gasteiger partial charge in [-0.2, -0.15) is 0 Å². The topological polar surface area (TPSA) is 57.3 Å². The van der Waals surface area contributed by atoms with Gasteiger partial charge in [-0.1, -0.05) is 24.3 Å². The summed E-state index contributed by atoms with van der Waals surface area (Å²) in [5.74, 6) is 0.896. The van der Waals surface area contributed by atoms with Gasteiger partial charge in [0.15, 0.2) is 0 Å². The van der Waals surface area contributed by atoms with Crippen molar-refractivity contribution in [3.63, 3.8) is 0 Å². The molecule has 0 radical (unpaired) electrons. The molecule has 2 heterocycles. The molecule has 2 N–H and O–H groups in total. The van der Waals surface area contributed by atoms with Crippen molar-refractivity contribution in [1.82, 2.24) is 15.2 Å². The van der Waals surface area contributed by atoms with Crippen molar-refractivity contribution in [2.75, 3.05) is 38.0 Å². The van der Waals surface area contributed by atoms with Crippen LogP contribution in [0, 0.1) is 0 Å². The lowest BCUT2D eigenvalue weighted by atomic mass is 10.1. The molecule has 1 aliphatic heterocycles. The predicted octanol–water partition coefficient (Wildman–Crippen LogP) is 1.08. The van der Waals surface area contributed by atoms with Crippen LogP contribution in [0.3, 0.4) is 0 Å². The molecule has 1 aromatic carbocycles. The minimum absolute atomic E-state index is 0.126. The van der Waals surface area contributed by atoms with Crippen molar-refractivity contribution in [2.45, 2.75) is 0 Å². The predicted molar refractivity (Wildman–Crippen MR) is 79.7 cm³/mol. The van der Waals surface area contributed by atoms with Gasteiger partial charge >= 0.3 is 0 Å². The quantitative estimate of drug-likeness (QED) is 0.876. The standard InChI is InChI=1S/C15H18N4O/c20-14(19-9-7-16-8-10-19)11-18-15-13-4-2-1-3-12(13)5-6-17-15/h1-6,16H,7-11H2,(H,17,18). The highest BCUT2D eigenvalue weighted by molar-refractivity contribution is 5.93. The first-order valence-corrected chi connectivity index (χ1v) is 6.91. The molecule has 2 aromatic rings. The molecular weight excluding hydrogens is 252 g/mol. The van der Waals surface area contributed by atoms with E-state index in [0.717, 1.165) is 42.8 Å². The molecule has 3 rings (SSSR count). The second kappa shape index (κ2) is 5.88. The average Bonchev–Trinajstić information content (AvgIpc) is 2.53. The lowest BCUT2D eigenvalue weighted by Gasteiger charge is -2.27. The van der Waals surface area contributed by atoms with Crippen LogP contribution in [0.4, 0.5) is 5.82 Å². The molecule has 104 valence electrons. The molecule has 0 aliphatic carbocycles. The van der Waals surface area contributed by atoms with E-state index in [1.54, 1.807) is 6.20 Å². The summed E-state index contributed by atoms with van der Waals surface area (Å²) < 4.78 is 0. The molecule has 0 atom stereocenters. The molecule has 0 spiro atoms. The number of aromatic nitrogens is 1. The van der Waals surface area contributed by atoms with Gasteiger partial charge in [0.05, 0.1) is 6.54 Å². The van der Waals surface area contributed by atoms with Crippen LogP contribution in [-0.4, -0.2) is 48.5 Å². The molecule has 1 saturated heterocycles. The van der Waals surface area contributed by atoms with Gasteiger partial charge in [-0.05, 0) is 11.5 Å². The van der Waals surface area contributed by atoms with Crippen LogP contribution in [0.15, 0.2) is 36.5 Å². The Balaban J connectivity index is 1.69. The third-order valence-electron chi connectivity index (χ3n) is 3.55. The zero-order valence-corrected chi connectivity index (χ0v) is 11.3. The van der Waals surface area contributed by atoms with E-state index in [2.05, 4.69) is 15.6 Å². The number of hydrogen-bond acceptors (Lipinski definition) is 4. The van der Waals surface area contributed by atoms with Crippen LogP contribution in [0.1, 0.15) is 0 Å². The van der Waals surface area contributed by atoms with Crippen LogP contribution in [0.25, 0.3) is 10.8 Å². The van der Waals surface area contributed by atoms with Crippen molar-refractivity contribution >= 4 is 22.5 Å². The fourth-order valence-electron chi connectivity index (χ4n) is 2.45. The fourth-order valence-corrected chi connectivity index (χ4v) is 2.45. The van der Waals surface area contributed by atoms with Crippen LogP contribution in [-0.2, 0) is 4.79 Å². The first-order valence-electron chi connectivity index (χ1n) is 6.91. The van der Waals surface area contributed by atoms with Gasteiger partial charge in [-0.15, -0.1) is 0 Å². The van der Waals surface area contributed by atoms with E-state index in [4.69, 9.17) is 0 Å². The first-order chi connectivity index (χ1) is 9.84. The number of nitrogens with zero attached hydrogens (tertiary/aromatic N) is 2. The van der Waals surface area contributed by atoms with Crippen molar-refractivity contribution < 1.29 is 4.79 Å². The van der Waals surface area contributed by atoms with Gasteiger partial charge in [0.1, 0.15) is 5.82 Å². The molecule has 1 aliphatic rings. The normalized spacial score (nSPS) is 15.3. The number of anilines is 1. The van der Waals surface area contributed by atoms with Crippen molar-refractivity contribution in [2.24, 2.45) is 0 Å². The molecule has 1 fully saturated rings. The van der Waals surface area contributed by atoms with Gasteiger partial charge in [-0.3, -0.25) is 4.79 Å². The van der Waals surface area contributed by atoms with Crippen molar-refractivity contribution in [3.05, 3.63) is 36.5 Å². The molecule has 5 nitrogen and oxygen atoms in total. The number of nitrogens with one attached hydrogen (secondary N) is 2.